The third kappa shape index (κ3) is 20.2. The quantitative estimate of drug-likeness (QED) is 0.0410. The maximum absolute atomic E-state index is 15.8. The number of urea groups is 4. The van der Waals surface area contributed by atoms with E-state index in [9.17, 15) is 9.59 Å². The molecule has 0 spiro atoms. The summed E-state index contributed by atoms with van der Waals surface area (Å²) in [5, 5.41) is 0. The Labute approximate surface area is 508 Å². The van der Waals surface area contributed by atoms with Crippen molar-refractivity contribution in [3.8, 4) is 0 Å². The van der Waals surface area contributed by atoms with E-state index in [2.05, 4.69) is 83.1 Å². The lowest BCUT2D eigenvalue weighted by Gasteiger charge is -2.35. The normalized spacial score (nSPS) is 12.0. The van der Waals surface area contributed by atoms with E-state index < -0.39 is 0 Å². The van der Waals surface area contributed by atoms with Crippen molar-refractivity contribution in [1.82, 2.24) is 0 Å². The third-order valence-electron chi connectivity index (χ3n) is 15.7. The molecule has 0 N–H and O–H groups in total. The average molecular weight is 1150 g/mol. The number of para-hydroxylation sites is 2. The zero-order valence-electron chi connectivity index (χ0n) is 53.8. The van der Waals surface area contributed by atoms with E-state index in [1.54, 1.807) is 0 Å². The number of anilines is 8. The molecule has 5 rings (SSSR count). The van der Waals surface area contributed by atoms with E-state index in [0.29, 0.717) is 88.9 Å². The molecule has 0 unspecified atom stereocenters. The number of amides is 8. The van der Waals surface area contributed by atoms with Gasteiger partial charge in [0, 0.05) is 97.9 Å². The van der Waals surface area contributed by atoms with E-state index in [0.717, 1.165) is 123 Å². The number of rotatable bonds is 34. The predicted molar refractivity (Wildman–Crippen MR) is 359 cm³/mol. The lowest BCUT2D eigenvalue weighted by molar-refractivity contribution is 0.250. The standard InChI is InChI=1S/C72H106N8O4/c1-13-46-73(61-34-21-19-22-35-61)69(81)75(48-15-3)63-38-27-40-65(54-63)77(50-17-5)71(83)79(52-44-59(11)32-25-30-57(7)8)67-42-29-43-68(56-67)80(53-45-60(12)33-26-31-58(9)10)72(84)78(51-18-6)66-41-28-39-64(55-66)76(49-16-4)70(82)74(47-14-2)62-36-23-20-24-37-62/h19-24,27-29,34-43,54-60H,13-18,25-26,30-33,44-53H2,1-12H3/t59-,60-/m1/s1. The van der Waals surface area contributed by atoms with Crippen LogP contribution in [0.25, 0.3) is 0 Å². The molecule has 12 nitrogen and oxygen atoms in total. The molecular formula is C72H106N8O4. The smallest absolute Gasteiger partial charge is 0.294 e. The van der Waals surface area contributed by atoms with Crippen LogP contribution in [0, 0.1) is 23.7 Å². The molecule has 5 aromatic carbocycles. The van der Waals surface area contributed by atoms with Gasteiger partial charge in [-0.25, -0.2) is 19.2 Å². The zero-order chi connectivity index (χ0) is 61.0. The van der Waals surface area contributed by atoms with Gasteiger partial charge in [-0.1, -0.05) is 176 Å². The van der Waals surface area contributed by atoms with Gasteiger partial charge in [-0.3, -0.25) is 39.2 Å². The first-order chi connectivity index (χ1) is 40.6. The first kappa shape index (κ1) is 68.0. The minimum absolute atomic E-state index is 0.0965. The summed E-state index contributed by atoms with van der Waals surface area (Å²) in [7, 11) is 0. The van der Waals surface area contributed by atoms with Crippen LogP contribution in [0.15, 0.2) is 133 Å². The van der Waals surface area contributed by atoms with E-state index in [1.807, 2.05) is 173 Å². The first-order valence-electron chi connectivity index (χ1n) is 32.4. The Kier molecular flexibility index (Phi) is 29.2. The fourth-order valence-corrected chi connectivity index (χ4v) is 11.0. The van der Waals surface area contributed by atoms with Crippen molar-refractivity contribution in [2.45, 2.75) is 173 Å². The monoisotopic (exact) mass is 1150 g/mol. The number of carbonyl (C=O) groups is 4. The van der Waals surface area contributed by atoms with Crippen molar-refractivity contribution < 1.29 is 19.2 Å². The van der Waals surface area contributed by atoms with Gasteiger partial charge in [0.1, 0.15) is 0 Å². The molecule has 0 aliphatic carbocycles. The van der Waals surface area contributed by atoms with Gasteiger partial charge in [0.2, 0.25) is 0 Å². The summed E-state index contributed by atoms with van der Waals surface area (Å²) < 4.78 is 0. The SMILES string of the molecule is CCCN(C(=O)N(CCC)c1cccc(N(CCC)C(=O)N(CC[C@H](C)CCCC(C)C)c2cccc(N(CC[C@H](C)CCCC(C)C)C(=O)N(CCC)c3cccc(N(CCC)C(=O)N(CCC)c4ccccc4)c3)c2)c1)c1ccccc1. The van der Waals surface area contributed by atoms with Gasteiger partial charge in [-0.05, 0) is 154 Å². The van der Waals surface area contributed by atoms with E-state index in [-0.39, 0.29) is 24.1 Å². The highest BCUT2D eigenvalue weighted by molar-refractivity contribution is 6.08. The van der Waals surface area contributed by atoms with Crippen molar-refractivity contribution in [3.05, 3.63) is 133 Å². The van der Waals surface area contributed by atoms with Crippen molar-refractivity contribution in [1.29, 1.82) is 0 Å². The van der Waals surface area contributed by atoms with Crippen LogP contribution in [0.3, 0.4) is 0 Å². The Balaban J connectivity index is 1.60. The summed E-state index contributed by atoms with van der Waals surface area (Å²) in [6.45, 7) is 30.3. The van der Waals surface area contributed by atoms with Crippen molar-refractivity contribution in [3.63, 3.8) is 0 Å². The molecule has 12 heteroatoms. The number of benzene rings is 5. The topological polar surface area (TPSA) is 94.2 Å². The number of nitrogens with zero attached hydrogens (tertiary/aromatic N) is 8. The zero-order valence-corrected chi connectivity index (χ0v) is 53.8. The highest BCUT2D eigenvalue weighted by Crippen LogP contribution is 2.34. The fraction of sp³-hybridized carbons (Fsp3) is 0.528. The Hall–Kier alpha value is -6.82. The molecule has 0 heterocycles. The van der Waals surface area contributed by atoms with Crippen LogP contribution in [0.1, 0.15) is 173 Å². The van der Waals surface area contributed by atoms with Gasteiger partial charge >= 0.3 is 24.1 Å². The molecule has 0 fully saturated rings. The van der Waals surface area contributed by atoms with Gasteiger partial charge in [0.25, 0.3) is 0 Å². The van der Waals surface area contributed by atoms with Gasteiger partial charge in [-0.2, -0.15) is 0 Å². The molecule has 0 aromatic heterocycles. The van der Waals surface area contributed by atoms with Crippen LogP contribution < -0.4 is 39.2 Å². The molecule has 5 aromatic rings. The Bertz CT molecular complexity index is 2540. The molecule has 0 radical (unpaired) electrons. The van der Waals surface area contributed by atoms with Crippen LogP contribution in [0.5, 0.6) is 0 Å². The number of hydrogen-bond donors (Lipinski definition) is 0. The lowest BCUT2D eigenvalue weighted by Crippen LogP contribution is -2.46. The van der Waals surface area contributed by atoms with Crippen LogP contribution in [-0.4, -0.2) is 76.5 Å². The maximum atomic E-state index is 15.8. The summed E-state index contributed by atoms with van der Waals surface area (Å²) in [6.07, 6.45) is 12.9. The summed E-state index contributed by atoms with van der Waals surface area (Å²) in [6, 6.07) is 43.1. The molecule has 84 heavy (non-hydrogen) atoms. The average Bonchev–Trinajstić information content (AvgIpc) is 3.69. The van der Waals surface area contributed by atoms with Crippen LogP contribution in [0.4, 0.5) is 64.7 Å². The number of hydrogen-bond acceptors (Lipinski definition) is 4. The van der Waals surface area contributed by atoms with E-state index in [1.165, 1.54) is 0 Å². The van der Waals surface area contributed by atoms with Crippen LogP contribution in [0.2, 0.25) is 0 Å². The summed E-state index contributed by atoms with van der Waals surface area (Å²) in [4.78, 5) is 76.0. The third-order valence-corrected chi connectivity index (χ3v) is 15.7. The van der Waals surface area contributed by atoms with Crippen molar-refractivity contribution in [2.24, 2.45) is 23.7 Å². The fourth-order valence-electron chi connectivity index (χ4n) is 11.0. The second kappa shape index (κ2) is 36.1. The maximum Gasteiger partial charge on any atom is 0.328 e. The van der Waals surface area contributed by atoms with E-state index >= 15 is 9.59 Å². The molecular weight excluding hydrogens is 1040 g/mol. The Morgan fingerprint density at radius 2 is 0.488 bits per heavy atom. The molecule has 0 bridgehead atoms. The summed E-state index contributed by atoms with van der Waals surface area (Å²) in [5.74, 6) is 2.00. The van der Waals surface area contributed by atoms with Crippen LogP contribution >= 0.6 is 0 Å². The molecule has 0 aliphatic heterocycles. The molecule has 0 saturated carbocycles. The Morgan fingerprint density at radius 1 is 0.274 bits per heavy atom. The minimum atomic E-state index is -0.150. The van der Waals surface area contributed by atoms with Crippen molar-refractivity contribution >= 4 is 69.6 Å². The van der Waals surface area contributed by atoms with Crippen LogP contribution in [-0.2, 0) is 0 Å². The highest BCUT2D eigenvalue weighted by atomic mass is 16.2. The van der Waals surface area contributed by atoms with Gasteiger partial charge < -0.3 is 0 Å². The second-order valence-electron chi connectivity index (χ2n) is 24.0. The molecule has 458 valence electrons. The second-order valence-corrected chi connectivity index (χ2v) is 24.0. The largest absolute Gasteiger partial charge is 0.328 e. The summed E-state index contributed by atoms with van der Waals surface area (Å²) in [5.41, 5.74) is 6.07. The summed E-state index contributed by atoms with van der Waals surface area (Å²) >= 11 is 0. The Morgan fingerprint density at radius 3 is 0.714 bits per heavy atom. The molecule has 2 atom stereocenters. The molecule has 8 amide bonds. The molecule has 0 aliphatic rings. The molecule has 0 saturated heterocycles. The van der Waals surface area contributed by atoms with Crippen molar-refractivity contribution in [2.75, 3.05) is 91.6 Å². The van der Waals surface area contributed by atoms with Gasteiger partial charge in [0.05, 0.1) is 0 Å². The lowest BCUT2D eigenvalue weighted by atomic mass is 9.97. The van der Waals surface area contributed by atoms with Gasteiger partial charge in [-0.15, -0.1) is 0 Å². The highest BCUT2D eigenvalue weighted by Gasteiger charge is 2.31. The predicted octanol–water partition coefficient (Wildman–Crippen LogP) is 19.6. The van der Waals surface area contributed by atoms with E-state index in [4.69, 9.17) is 0 Å². The minimum Gasteiger partial charge on any atom is -0.294 e. The van der Waals surface area contributed by atoms with Gasteiger partial charge in [0.15, 0.2) is 0 Å². The first-order valence-corrected chi connectivity index (χ1v) is 32.4. The number of carbonyl (C=O) groups excluding carboxylic acids is 4.